The van der Waals surface area contributed by atoms with Crippen LogP contribution >= 0.6 is 11.6 Å². The fourth-order valence-electron chi connectivity index (χ4n) is 2.52. The fourth-order valence-corrected chi connectivity index (χ4v) is 2.87. The molecule has 2 aromatic carbocycles. The molecule has 0 aliphatic rings. The Hall–Kier alpha value is -1.51. The molecular formula is C18H22ClNO. The van der Waals surface area contributed by atoms with E-state index in [9.17, 15) is 0 Å². The second-order valence-electron chi connectivity index (χ2n) is 5.38. The van der Waals surface area contributed by atoms with Crippen LogP contribution in [0.1, 0.15) is 29.7 Å². The molecule has 0 aliphatic heterocycles. The Balaban J connectivity index is 2.48. The maximum Gasteiger partial charge on any atom is 0.122 e. The summed E-state index contributed by atoms with van der Waals surface area (Å²) in [5, 5.41) is 4.01. The minimum absolute atomic E-state index is 0.241. The second kappa shape index (κ2) is 6.50. The number of benzene rings is 2. The average molecular weight is 304 g/mol. The number of hydrogen-bond donors (Lipinski definition) is 1. The number of hydrogen-bond acceptors (Lipinski definition) is 2. The van der Waals surface area contributed by atoms with Crippen molar-refractivity contribution in [3.63, 3.8) is 0 Å². The van der Waals surface area contributed by atoms with Gasteiger partial charge in [0.25, 0.3) is 0 Å². The predicted molar refractivity (Wildman–Crippen MR) is 90.4 cm³/mol. The van der Waals surface area contributed by atoms with Crippen molar-refractivity contribution in [2.45, 2.75) is 26.8 Å². The van der Waals surface area contributed by atoms with Gasteiger partial charge in [-0.15, -0.1) is 0 Å². The minimum Gasteiger partial charge on any atom is -0.496 e. The van der Waals surface area contributed by atoms with Gasteiger partial charge in [-0.25, -0.2) is 0 Å². The van der Waals surface area contributed by atoms with Crippen LogP contribution < -0.4 is 10.1 Å². The van der Waals surface area contributed by atoms with Crippen molar-refractivity contribution >= 4 is 11.6 Å². The third kappa shape index (κ3) is 3.22. The monoisotopic (exact) mass is 303 g/mol. The van der Waals surface area contributed by atoms with E-state index in [0.717, 1.165) is 27.5 Å². The number of methoxy groups -OCH3 is 1. The van der Waals surface area contributed by atoms with Gasteiger partial charge in [0.2, 0.25) is 0 Å². The number of rotatable bonds is 4. The molecule has 0 aliphatic carbocycles. The quantitative estimate of drug-likeness (QED) is 0.866. The molecule has 2 aromatic rings. The smallest absolute Gasteiger partial charge is 0.122 e. The molecule has 0 bridgehead atoms. The molecule has 0 aromatic heterocycles. The lowest BCUT2D eigenvalue weighted by atomic mass is 9.96. The standard InChI is InChI=1S/C18H22ClNO/c1-11-9-18(21-5)12(2)8-16(11)14-6-7-15(13(3)20-4)17(19)10-14/h6-10,13,20H,1-5H3. The summed E-state index contributed by atoms with van der Waals surface area (Å²) in [6, 6.07) is 10.7. The molecule has 112 valence electrons. The largest absolute Gasteiger partial charge is 0.496 e. The third-order valence-corrected chi connectivity index (χ3v) is 4.28. The summed E-state index contributed by atoms with van der Waals surface area (Å²) in [5.41, 5.74) is 5.75. The van der Waals surface area contributed by atoms with Gasteiger partial charge in [-0.3, -0.25) is 0 Å². The molecule has 2 nitrogen and oxygen atoms in total. The molecule has 1 N–H and O–H groups in total. The topological polar surface area (TPSA) is 21.3 Å². The van der Waals surface area contributed by atoms with Gasteiger partial charge in [-0.05, 0) is 73.8 Å². The summed E-state index contributed by atoms with van der Waals surface area (Å²) in [6.45, 7) is 6.25. The van der Waals surface area contributed by atoms with Gasteiger partial charge in [-0.2, -0.15) is 0 Å². The van der Waals surface area contributed by atoms with Crippen LogP contribution in [-0.2, 0) is 0 Å². The van der Waals surface area contributed by atoms with E-state index < -0.39 is 0 Å². The molecule has 21 heavy (non-hydrogen) atoms. The zero-order valence-corrected chi connectivity index (χ0v) is 14.0. The summed E-state index contributed by atoms with van der Waals surface area (Å²) < 4.78 is 5.37. The number of ether oxygens (including phenoxy) is 1. The number of nitrogens with one attached hydrogen (secondary N) is 1. The van der Waals surface area contributed by atoms with Gasteiger partial charge in [0.05, 0.1) is 7.11 Å². The van der Waals surface area contributed by atoms with Gasteiger partial charge < -0.3 is 10.1 Å². The minimum atomic E-state index is 0.241. The Morgan fingerprint density at radius 2 is 1.81 bits per heavy atom. The van der Waals surface area contributed by atoms with Gasteiger partial charge in [0, 0.05) is 11.1 Å². The highest BCUT2D eigenvalue weighted by atomic mass is 35.5. The summed E-state index contributed by atoms with van der Waals surface area (Å²) >= 11 is 6.44. The molecule has 0 amide bonds. The maximum atomic E-state index is 6.44. The molecule has 1 atom stereocenters. The van der Waals surface area contributed by atoms with Gasteiger partial charge in [0.15, 0.2) is 0 Å². The van der Waals surface area contributed by atoms with Gasteiger partial charge >= 0.3 is 0 Å². The summed E-state index contributed by atoms with van der Waals surface area (Å²) in [4.78, 5) is 0. The first-order chi connectivity index (χ1) is 9.97. The SMILES string of the molecule is CNC(C)c1ccc(-c2cc(C)c(OC)cc2C)cc1Cl. The second-order valence-corrected chi connectivity index (χ2v) is 5.79. The van der Waals surface area contributed by atoms with Crippen LogP contribution in [0.5, 0.6) is 5.75 Å². The summed E-state index contributed by atoms with van der Waals surface area (Å²) in [7, 11) is 3.64. The Labute approximate surface area is 132 Å². The number of halogens is 1. The van der Waals surface area contributed by atoms with Gasteiger partial charge in [0.1, 0.15) is 5.75 Å². The highest BCUT2D eigenvalue weighted by Crippen LogP contribution is 2.33. The van der Waals surface area contributed by atoms with Crippen LogP contribution in [0, 0.1) is 13.8 Å². The summed E-state index contributed by atoms with van der Waals surface area (Å²) in [5.74, 6) is 0.919. The lowest BCUT2D eigenvalue weighted by molar-refractivity contribution is 0.411. The Kier molecular flexibility index (Phi) is 4.92. The molecule has 2 rings (SSSR count). The summed E-state index contributed by atoms with van der Waals surface area (Å²) in [6.07, 6.45) is 0. The van der Waals surface area contributed by atoms with Crippen molar-refractivity contribution in [3.05, 3.63) is 52.0 Å². The predicted octanol–water partition coefficient (Wildman–Crippen LogP) is 4.91. The van der Waals surface area contributed by atoms with E-state index in [1.807, 2.05) is 13.1 Å². The van der Waals surface area contributed by atoms with Crippen molar-refractivity contribution in [2.75, 3.05) is 14.2 Å². The molecule has 0 saturated carbocycles. The first kappa shape index (κ1) is 15.9. The average Bonchev–Trinajstić information content (AvgIpc) is 2.48. The van der Waals surface area contributed by atoms with Crippen molar-refractivity contribution in [2.24, 2.45) is 0 Å². The van der Waals surface area contributed by atoms with Crippen LogP contribution in [0.4, 0.5) is 0 Å². The maximum absolute atomic E-state index is 6.44. The molecule has 0 radical (unpaired) electrons. The van der Waals surface area contributed by atoms with E-state index in [2.05, 4.69) is 50.4 Å². The van der Waals surface area contributed by atoms with E-state index in [0.29, 0.717) is 0 Å². The van der Waals surface area contributed by atoms with Crippen molar-refractivity contribution in [1.29, 1.82) is 0 Å². The normalized spacial score (nSPS) is 12.3. The molecule has 3 heteroatoms. The number of aryl methyl sites for hydroxylation is 2. The zero-order chi connectivity index (χ0) is 15.6. The van der Waals surface area contributed by atoms with Crippen LogP contribution in [0.25, 0.3) is 11.1 Å². The van der Waals surface area contributed by atoms with Crippen LogP contribution in [0.3, 0.4) is 0 Å². The molecule has 0 heterocycles. The van der Waals surface area contributed by atoms with Crippen molar-refractivity contribution < 1.29 is 4.74 Å². The molecule has 0 fully saturated rings. The lowest BCUT2D eigenvalue weighted by Gasteiger charge is -2.15. The van der Waals surface area contributed by atoms with E-state index in [-0.39, 0.29) is 6.04 Å². The van der Waals surface area contributed by atoms with Crippen LogP contribution in [0.2, 0.25) is 5.02 Å². The first-order valence-corrected chi connectivity index (χ1v) is 7.48. The molecule has 1 unspecified atom stereocenters. The van der Waals surface area contributed by atoms with E-state index in [1.54, 1.807) is 7.11 Å². The zero-order valence-electron chi connectivity index (χ0n) is 13.3. The Morgan fingerprint density at radius 1 is 1.10 bits per heavy atom. The Morgan fingerprint density at radius 3 is 2.38 bits per heavy atom. The first-order valence-electron chi connectivity index (χ1n) is 7.10. The highest BCUT2D eigenvalue weighted by Gasteiger charge is 2.11. The lowest BCUT2D eigenvalue weighted by Crippen LogP contribution is -2.12. The van der Waals surface area contributed by atoms with E-state index in [1.165, 1.54) is 11.1 Å². The fraction of sp³-hybridized carbons (Fsp3) is 0.333. The van der Waals surface area contributed by atoms with Gasteiger partial charge in [-0.1, -0.05) is 23.7 Å². The Bertz CT molecular complexity index is 652. The third-order valence-electron chi connectivity index (χ3n) is 3.95. The van der Waals surface area contributed by atoms with E-state index in [4.69, 9.17) is 16.3 Å². The van der Waals surface area contributed by atoms with Crippen molar-refractivity contribution in [1.82, 2.24) is 5.32 Å². The molecular weight excluding hydrogens is 282 g/mol. The van der Waals surface area contributed by atoms with Crippen molar-refractivity contribution in [3.8, 4) is 16.9 Å². The molecule has 0 spiro atoms. The van der Waals surface area contributed by atoms with E-state index >= 15 is 0 Å². The highest BCUT2D eigenvalue weighted by molar-refractivity contribution is 6.31. The van der Waals surface area contributed by atoms with Crippen LogP contribution in [0.15, 0.2) is 30.3 Å². The van der Waals surface area contributed by atoms with Crippen LogP contribution in [-0.4, -0.2) is 14.2 Å². The molecule has 0 saturated heterocycles.